The third-order valence-corrected chi connectivity index (χ3v) is 4.05. The summed E-state index contributed by atoms with van der Waals surface area (Å²) >= 11 is 1.58. The molecule has 2 nitrogen and oxygen atoms in total. The summed E-state index contributed by atoms with van der Waals surface area (Å²) < 4.78 is 0. The highest BCUT2D eigenvalue weighted by atomic mass is 32.2. The Hall–Kier alpha value is -2.26. The first-order chi connectivity index (χ1) is 10.3. The highest BCUT2D eigenvalue weighted by Gasteiger charge is 2.24. The van der Waals surface area contributed by atoms with E-state index in [2.05, 4.69) is 34.6 Å². The second kappa shape index (κ2) is 6.02. The molecule has 3 rings (SSSR count). The molecule has 1 aliphatic heterocycles. The van der Waals surface area contributed by atoms with Crippen molar-refractivity contribution in [3.05, 3.63) is 82.7 Å². The molecule has 0 unspecified atom stereocenters. The van der Waals surface area contributed by atoms with Crippen LogP contribution in [0.15, 0.2) is 77.2 Å². The molecular weight excluding hydrogens is 278 g/mol. The van der Waals surface area contributed by atoms with Gasteiger partial charge in [-0.2, -0.15) is 0 Å². The summed E-state index contributed by atoms with van der Waals surface area (Å²) in [5, 5.41) is 3.03. The zero-order valence-corrected chi connectivity index (χ0v) is 12.5. The molecule has 0 aliphatic carbocycles. The Labute approximate surface area is 128 Å². The number of nitrogens with zero attached hydrogens (tertiary/aromatic N) is 1. The van der Waals surface area contributed by atoms with Crippen molar-refractivity contribution in [1.82, 2.24) is 0 Å². The number of rotatable bonds is 3. The largest absolute Gasteiger partial charge is 0.303 e. The molecule has 1 heterocycles. The molecule has 0 N–H and O–H groups in total. The van der Waals surface area contributed by atoms with Gasteiger partial charge >= 0.3 is 0 Å². The first-order valence-electron chi connectivity index (χ1n) is 6.75. The lowest BCUT2D eigenvalue weighted by molar-refractivity contribution is -0.112. The summed E-state index contributed by atoms with van der Waals surface area (Å²) in [6, 6.07) is 20.3. The van der Waals surface area contributed by atoms with Crippen LogP contribution in [-0.4, -0.2) is 5.78 Å². The summed E-state index contributed by atoms with van der Waals surface area (Å²) in [6.45, 7) is 1.58. The van der Waals surface area contributed by atoms with Crippen LogP contribution in [0, 0.1) is 0 Å². The molecule has 2 aromatic carbocycles. The van der Waals surface area contributed by atoms with Gasteiger partial charge in [0.1, 0.15) is 0 Å². The van der Waals surface area contributed by atoms with E-state index < -0.39 is 0 Å². The van der Waals surface area contributed by atoms with Gasteiger partial charge in [-0.05, 0) is 24.6 Å². The number of ketones is 1. The number of anilines is 1. The molecule has 3 heteroatoms. The number of thioether (sulfide) groups is 1. The van der Waals surface area contributed by atoms with Gasteiger partial charge in [-0.25, -0.2) is 0 Å². The first-order valence-corrected chi connectivity index (χ1v) is 7.63. The Morgan fingerprint density at radius 2 is 1.62 bits per heavy atom. The molecule has 0 atom stereocenters. The molecule has 21 heavy (non-hydrogen) atoms. The van der Waals surface area contributed by atoms with Crippen molar-refractivity contribution >= 4 is 28.9 Å². The quantitative estimate of drug-likeness (QED) is 0.767. The van der Waals surface area contributed by atoms with E-state index >= 15 is 0 Å². The van der Waals surface area contributed by atoms with E-state index in [9.17, 15) is 4.79 Å². The Balaban J connectivity index is 2.07. The lowest BCUT2D eigenvalue weighted by atomic mass is 10.1. The summed E-state index contributed by atoms with van der Waals surface area (Å²) in [6.07, 6.45) is 1.68. The summed E-state index contributed by atoms with van der Waals surface area (Å²) in [7, 11) is 0. The molecule has 0 saturated heterocycles. The minimum atomic E-state index is 0.0566. The maximum Gasteiger partial charge on any atom is 0.155 e. The second-order valence-electron chi connectivity index (χ2n) is 4.75. The van der Waals surface area contributed by atoms with Crippen LogP contribution >= 0.6 is 11.8 Å². The first kappa shape index (κ1) is 13.7. The minimum absolute atomic E-state index is 0.0566. The van der Waals surface area contributed by atoms with Gasteiger partial charge in [0.15, 0.2) is 5.78 Å². The summed E-state index contributed by atoms with van der Waals surface area (Å²) in [5.41, 5.74) is 3.30. The topological polar surface area (TPSA) is 20.3 Å². The molecule has 2 aromatic rings. The maximum atomic E-state index is 11.5. The maximum absolute atomic E-state index is 11.5. The Morgan fingerprint density at radius 3 is 2.24 bits per heavy atom. The van der Waals surface area contributed by atoms with Gasteiger partial charge in [-0.15, -0.1) is 0 Å². The van der Waals surface area contributed by atoms with Gasteiger partial charge in [-0.3, -0.25) is 4.79 Å². The van der Waals surface area contributed by atoms with Crippen LogP contribution in [0.1, 0.15) is 12.5 Å². The van der Waals surface area contributed by atoms with E-state index in [0.717, 1.165) is 22.0 Å². The molecule has 0 saturated carbocycles. The average molecular weight is 293 g/mol. The van der Waals surface area contributed by atoms with Crippen LogP contribution in [-0.2, 0) is 4.79 Å². The van der Waals surface area contributed by atoms with E-state index in [1.54, 1.807) is 24.8 Å². The van der Waals surface area contributed by atoms with Crippen molar-refractivity contribution in [2.24, 2.45) is 0 Å². The molecule has 0 amide bonds. The zero-order chi connectivity index (χ0) is 14.7. The van der Waals surface area contributed by atoms with Gasteiger partial charge in [0.25, 0.3) is 0 Å². The fourth-order valence-corrected chi connectivity index (χ4v) is 3.28. The number of allylic oxidation sites excluding steroid dienone is 1. The predicted octanol–water partition coefficient (Wildman–Crippen LogP) is 4.67. The molecule has 0 fully saturated rings. The summed E-state index contributed by atoms with van der Waals surface area (Å²) in [5.74, 6) is 0.0566. The van der Waals surface area contributed by atoms with Gasteiger partial charge in [-0.1, -0.05) is 60.3 Å². The average Bonchev–Trinajstić information content (AvgIpc) is 2.92. The summed E-state index contributed by atoms with van der Waals surface area (Å²) in [4.78, 5) is 13.6. The number of carbonyl (C=O) groups excluding carboxylic acids is 1. The number of hydrogen-bond donors (Lipinski definition) is 0. The lowest BCUT2D eigenvalue weighted by Gasteiger charge is -2.23. The SMILES string of the molecule is CC(=O)/C=C1\SC=C(c2ccccc2)N1c1ccccc1. The van der Waals surface area contributed by atoms with Crippen LogP contribution in [0.4, 0.5) is 5.69 Å². The van der Waals surface area contributed by atoms with Crippen molar-refractivity contribution in [2.45, 2.75) is 6.92 Å². The minimum Gasteiger partial charge on any atom is -0.303 e. The van der Waals surface area contributed by atoms with E-state index in [1.807, 2.05) is 36.4 Å². The highest BCUT2D eigenvalue weighted by Crippen LogP contribution is 2.42. The van der Waals surface area contributed by atoms with Gasteiger partial charge in [0, 0.05) is 17.2 Å². The third-order valence-electron chi connectivity index (χ3n) is 3.16. The molecule has 0 bridgehead atoms. The van der Waals surface area contributed by atoms with Crippen molar-refractivity contribution in [3.8, 4) is 0 Å². The van der Waals surface area contributed by atoms with Crippen LogP contribution in [0.3, 0.4) is 0 Å². The van der Waals surface area contributed by atoms with Crippen LogP contribution in [0.2, 0.25) is 0 Å². The Morgan fingerprint density at radius 1 is 1.00 bits per heavy atom. The fraction of sp³-hybridized carbons (Fsp3) is 0.0556. The van der Waals surface area contributed by atoms with E-state index in [0.29, 0.717) is 0 Å². The number of benzene rings is 2. The standard InChI is InChI=1S/C18H15NOS/c1-14(20)12-18-19(16-10-6-3-7-11-16)17(13-21-18)15-8-4-2-5-9-15/h2-13H,1H3/b18-12-. The van der Waals surface area contributed by atoms with Gasteiger partial charge in [0.2, 0.25) is 0 Å². The Bertz CT molecular complexity index is 705. The highest BCUT2D eigenvalue weighted by molar-refractivity contribution is 8.06. The van der Waals surface area contributed by atoms with Crippen molar-refractivity contribution < 1.29 is 4.79 Å². The van der Waals surface area contributed by atoms with Gasteiger partial charge < -0.3 is 4.90 Å². The molecule has 104 valence electrons. The van der Waals surface area contributed by atoms with Crippen LogP contribution in [0.25, 0.3) is 5.70 Å². The van der Waals surface area contributed by atoms with E-state index in [1.165, 1.54) is 0 Å². The van der Waals surface area contributed by atoms with Crippen LogP contribution < -0.4 is 4.90 Å². The Kier molecular flexibility index (Phi) is 3.93. The van der Waals surface area contributed by atoms with Crippen molar-refractivity contribution in [2.75, 3.05) is 4.90 Å². The molecule has 1 aliphatic rings. The van der Waals surface area contributed by atoms with E-state index in [-0.39, 0.29) is 5.78 Å². The third kappa shape index (κ3) is 2.93. The molecular formula is C18H15NOS. The van der Waals surface area contributed by atoms with Crippen molar-refractivity contribution in [3.63, 3.8) is 0 Å². The smallest absolute Gasteiger partial charge is 0.155 e. The van der Waals surface area contributed by atoms with E-state index in [4.69, 9.17) is 0 Å². The molecule has 0 spiro atoms. The number of para-hydroxylation sites is 1. The van der Waals surface area contributed by atoms with Crippen LogP contribution in [0.5, 0.6) is 0 Å². The number of carbonyl (C=O) groups is 1. The monoisotopic (exact) mass is 293 g/mol. The number of hydrogen-bond acceptors (Lipinski definition) is 3. The molecule has 0 aromatic heterocycles. The zero-order valence-electron chi connectivity index (χ0n) is 11.7. The fourth-order valence-electron chi connectivity index (χ4n) is 2.26. The lowest BCUT2D eigenvalue weighted by Crippen LogP contribution is -2.16. The van der Waals surface area contributed by atoms with Gasteiger partial charge in [0.05, 0.1) is 10.7 Å². The predicted molar refractivity (Wildman–Crippen MR) is 89.7 cm³/mol. The van der Waals surface area contributed by atoms with Crippen molar-refractivity contribution in [1.29, 1.82) is 0 Å². The normalized spacial score (nSPS) is 16.1. The second-order valence-corrected chi connectivity index (χ2v) is 5.64. The molecule has 0 radical (unpaired) electrons.